The van der Waals surface area contributed by atoms with E-state index in [9.17, 15) is 100 Å². The largest absolute Gasteiger partial charge is 0.508 e. The van der Waals surface area contributed by atoms with Crippen LogP contribution in [0.2, 0.25) is 0 Å². The van der Waals surface area contributed by atoms with Crippen LogP contribution in [0.3, 0.4) is 0 Å². The molecule has 14 atom stereocenters. The molecule has 0 spiro atoms. The molecule has 34 N–H and O–H groups in total. The molecule has 0 aliphatic rings. The predicted octanol–water partition coefficient (Wildman–Crippen LogP) is -5.53. The van der Waals surface area contributed by atoms with Crippen LogP contribution >= 0.6 is 0 Å². The highest BCUT2D eigenvalue weighted by Gasteiger charge is 2.40. The number of nitrogens with two attached hydrogens (primary N) is 6. The number of guanidine groups is 3. The van der Waals surface area contributed by atoms with E-state index < -0.39 is 270 Å². The lowest BCUT2D eigenvalue weighted by atomic mass is 9.98. The summed E-state index contributed by atoms with van der Waals surface area (Å²) in [6, 6.07) is -15.0. The number of phenols is 1. The fraction of sp³-hybridized carbons (Fsp3) is 0.575. The van der Waals surface area contributed by atoms with E-state index in [0.29, 0.717) is 17.7 Å². The molecule has 128 heavy (non-hydrogen) atoms. The number of aromatic amines is 1. The molecule has 0 aliphatic carbocycles. The summed E-state index contributed by atoms with van der Waals surface area (Å²) in [5.41, 5.74) is 33.4. The zero-order valence-corrected chi connectivity index (χ0v) is 73.2. The molecule has 0 unspecified atom stereocenters. The highest BCUT2D eigenvalue weighted by atomic mass is 19.2. The van der Waals surface area contributed by atoms with Gasteiger partial charge in [0.15, 0.2) is 35.3 Å². The van der Waals surface area contributed by atoms with Gasteiger partial charge in [-0.05, 0) is 130 Å². The van der Waals surface area contributed by atoms with Gasteiger partial charge in [0.2, 0.25) is 94.5 Å². The number of carbonyl (C=O) groups is 16. The van der Waals surface area contributed by atoms with E-state index in [1.165, 1.54) is 57.6 Å². The van der Waals surface area contributed by atoms with Crippen LogP contribution in [-0.2, 0) is 96.0 Å². The van der Waals surface area contributed by atoms with E-state index in [1.54, 1.807) is 41.5 Å². The summed E-state index contributed by atoms with van der Waals surface area (Å²) in [5, 5.41) is 83.6. The minimum Gasteiger partial charge on any atom is -0.508 e. The highest BCUT2D eigenvalue weighted by Crippen LogP contribution is 2.20. The number of amides is 16. The van der Waals surface area contributed by atoms with Crippen molar-refractivity contribution in [2.75, 3.05) is 19.6 Å². The lowest BCUT2D eigenvalue weighted by Gasteiger charge is -2.30. The molecule has 3 aromatic rings. The number of rotatable bonds is 57. The third kappa shape index (κ3) is 40.7. The summed E-state index contributed by atoms with van der Waals surface area (Å²) >= 11 is 0. The molecule has 0 saturated carbocycles. The smallest absolute Gasteiger partial charge is 0.245 e. The first-order valence-corrected chi connectivity index (χ1v) is 41.5. The summed E-state index contributed by atoms with van der Waals surface area (Å²) < 4.78 is 44.5. The van der Waals surface area contributed by atoms with Gasteiger partial charge in [-0.25, -0.2) is 18.2 Å². The molecule has 2 aromatic carbocycles. The van der Waals surface area contributed by atoms with Crippen molar-refractivity contribution < 1.29 is 100 Å². The molecule has 16 amide bonds. The predicted molar refractivity (Wildman–Crippen MR) is 459 cm³/mol. The van der Waals surface area contributed by atoms with Crippen molar-refractivity contribution in [2.45, 2.75) is 250 Å². The molecule has 0 radical (unpaired) electrons. The molecule has 0 saturated heterocycles. The van der Waals surface area contributed by atoms with Crippen molar-refractivity contribution in [1.82, 2.24) is 95.0 Å². The number of primary amides is 3. The normalized spacial score (nSPS) is 14.5. The van der Waals surface area contributed by atoms with Gasteiger partial charge in [-0.2, -0.15) is 0 Å². The number of aliphatic hydroxyl groups excluding tert-OH is 1. The lowest BCUT2D eigenvalue weighted by molar-refractivity contribution is -0.138. The first kappa shape index (κ1) is 109. The number of aromatic hydroxyl groups is 1. The second-order valence-corrected chi connectivity index (χ2v) is 32.5. The maximum Gasteiger partial charge on any atom is 0.245 e. The van der Waals surface area contributed by atoms with Crippen molar-refractivity contribution in [1.29, 1.82) is 16.2 Å². The second kappa shape index (κ2) is 54.4. The fourth-order valence-corrected chi connectivity index (χ4v) is 13.0. The minimum atomic E-state index is -2.00. The number of nitrogens with one attached hydrogen (secondary N) is 20. The molecule has 710 valence electrons. The van der Waals surface area contributed by atoms with Crippen LogP contribution in [0.4, 0.5) is 13.2 Å². The maximum atomic E-state index is 15.0. The van der Waals surface area contributed by atoms with Crippen LogP contribution in [0.5, 0.6) is 5.75 Å². The minimum absolute atomic E-state index is 0.00334. The topological polar surface area (TPSA) is 762 Å². The number of hydrogen-bond acceptors (Lipinski definition) is 22. The first-order valence-electron chi connectivity index (χ1n) is 41.5. The molecular weight excluding hydrogens is 1680 g/mol. The van der Waals surface area contributed by atoms with Crippen LogP contribution in [0, 0.1) is 57.4 Å². The lowest BCUT2D eigenvalue weighted by Crippen LogP contribution is -2.63. The van der Waals surface area contributed by atoms with E-state index in [-0.39, 0.29) is 101 Å². The Morgan fingerprint density at radius 1 is 0.406 bits per heavy atom. The fourth-order valence-electron chi connectivity index (χ4n) is 13.0. The molecule has 48 heteroatoms. The Bertz CT molecular complexity index is 4310. The zero-order chi connectivity index (χ0) is 96.5. The highest BCUT2D eigenvalue weighted by molar-refractivity contribution is 6.01. The van der Waals surface area contributed by atoms with Crippen molar-refractivity contribution in [2.24, 2.45) is 58.1 Å². The molecule has 1 heterocycles. The number of aromatic nitrogens is 2. The molecular formula is C80H126F3N27O18. The SMILES string of the molecule is CC(=O)N[C@@H](CC(C)C)C(=O)N[C@@H](CCCNC(=N)N)C(=O)N[C@@H](Cc1cnc[nH]1)C(=O)N[C@@H](Cc1cc(F)c(F)c(F)c1)C(=O)N[C@@H](CC(C)C)C(=O)N[C@@H](CC(N)=O)C(=O)N[C@@H](CC(C)C)C(=O)N[C@H](C(=O)N[C@H](C(=O)N[C@@H](CCCNC(=N)N)C(=O)N[C@@H](CCC(N)=O)C(=O)N[C@@H](CCCNC(=N)N)C(=O)N[C@@H](Cc1ccc(O)cc1)C(N)=O)[C@@H](C)O)C(C)C. The quantitative estimate of drug-likeness (QED) is 0.0108. The Hall–Kier alpha value is -13.5. The Kier molecular flexibility index (Phi) is 46.2. The van der Waals surface area contributed by atoms with Crippen molar-refractivity contribution >= 4 is 112 Å². The van der Waals surface area contributed by atoms with Crippen LogP contribution in [-0.4, -0.2) is 237 Å². The van der Waals surface area contributed by atoms with Crippen LogP contribution in [0.15, 0.2) is 48.9 Å². The van der Waals surface area contributed by atoms with Gasteiger partial charge >= 0.3 is 0 Å². The number of aliphatic hydroxyl groups is 1. The number of carbonyl (C=O) groups excluding carboxylic acids is 16. The third-order valence-electron chi connectivity index (χ3n) is 19.4. The Balaban J connectivity index is 2.03. The number of phenolic OH excluding ortho intramolecular Hbond substituents is 1. The Labute approximate surface area is 737 Å². The van der Waals surface area contributed by atoms with Gasteiger partial charge in [-0.1, -0.05) is 67.5 Å². The standard InChI is InChI=1S/C80H126F3N27O18/c1-37(2)26-54(98-42(10)112)70(121)100-50(15-12-24-95-79(89)90)68(119)107-58(33-45-35-93-36-97-45)73(124)106-57(32-44-29-47(81)62(83)48(82)30-44)72(123)104-55(27-38(3)4)71(122)108-59(34-61(85)115)74(125)105-56(28-39(5)6)75(126)109-63(40(7)8)76(127)110-64(41(9)111)77(128)102-51(16-13-25-96-80(91)92)66(117)101-52(21-22-60(84)114)69(120)99-49(14-11-23-94-78(87)88)67(118)103-53(65(86)116)31-43-17-19-46(113)20-18-43/h17-20,29-30,35-41,49-59,63-64,111,113H,11-16,21-28,31-34H2,1-10H3,(H2,84,114)(H2,85,115)(H2,86,116)(H,93,97)(H,98,112)(H,99,120)(H,100,121)(H,101,117)(H,102,128)(H,103,118)(H,104,123)(H,105,125)(H,106,124)(H,107,119)(H,108,122)(H,109,126)(H,110,127)(H4,87,88,94)(H4,89,90,95)(H4,91,92,96)/t41-,49+,50+,51+,52+,53+,54+,55+,56+,57+,58+,59+,63+,64+/m1/s1. The van der Waals surface area contributed by atoms with Gasteiger partial charge < -0.3 is 135 Å². The summed E-state index contributed by atoms with van der Waals surface area (Å²) in [4.78, 5) is 231. The second-order valence-electron chi connectivity index (χ2n) is 32.5. The monoisotopic (exact) mass is 1810 g/mol. The van der Waals surface area contributed by atoms with Crippen molar-refractivity contribution in [3.63, 3.8) is 0 Å². The average Bonchev–Trinajstić information content (AvgIpc) is 0.915. The summed E-state index contributed by atoms with van der Waals surface area (Å²) in [6.07, 6.45) is -3.81. The Morgan fingerprint density at radius 2 is 0.742 bits per heavy atom. The van der Waals surface area contributed by atoms with E-state index in [1.807, 2.05) is 0 Å². The van der Waals surface area contributed by atoms with Crippen LogP contribution in [0.25, 0.3) is 0 Å². The Morgan fingerprint density at radius 3 is 1.12 bits per heavy atom. The molecule has 0 aliphatic heterocycles. The molecule has 1 aromatic heterocycles. The number of imidazole rings is 1. The number of H-pyrrole nitrogens is 1. The van der Waals surface area contributed by atoms with Gasteiger partial charge in [0, 0.05) is 64.1 Å². The van der Waals surface area contributed by atoms with Crippen LogP contribution in [0.1, 0.15) is 163 Å². The van der Waals surface area contributed by atoms with Crippen LogP contribution < -0.4 is 119 Å². The van der Waals surface area contributed by atoms with Gasteiger partial charge in [-0.3, -0.25) is 92.9 Å². The summed E-state index contributed by atoms with van der Waals surface area (Å²) in [6.45, 7) is 15.2. The zero-order valence-electron chi connectivity index (χ0n) is 73.2. The molecule has 45 nitrogen and oxygen atoms in total. The van der Waals surface area contributed by atoms with Gasteiger partial charge in [0.05, 0.1) is 18.9 Å². The average molecular weight is 1810 g/mol. The summed E-state index contributed by atoms with van der Waals surface area (Å²) in [5.74, 6) is -25.8. The van der Waals surface area contributed by atoms with Gasteiger partial charge in [0.1, 0.15) is 84.3 Å². The number of hydrogen-bond donors (Lipinski definition) is 28. The molecule has 0 fully saturated rings. The van der Waals surface area contributed by atoms with Gasteiger partial charge in [-0.15, -0.1) is 0 Å². The van der Waals surface area contributed by atoms with Crippen molar-refractivity contribution in [3.05, 3.63) is 83.2 Å². The number of halogens is 3. The van der Waals surface area contributed by atoms with Gasteiger partial charge in [0.25, 0.3) is 0 Å². The third-order valence-corrected chi connectivity index (χ3v) is 19.4. The van der Waals surface area contributed by atoms with Crippen molar-refractivity contribution in [3.8, 4) is 5.75 Å². The van der Waals surface area contributed by atoms with E-state index in [4.69, 9.17) is 50.6 Å². The molecule has 3 rings (SSSR count). The summed E-state index contributed by atoms with van der Waals surface area (Å²) in [7, 11) is 0. The number of nitrogens with zero attached hydrogens (tertiary/aromatic N) is 1. The van der Waals surface area contributed by atoms with E-state index >= 15 is 0 Å². The first-order chi connectivity index (χ1) is 59.9. The van der Waals surface area contributed by atoms with E-state index in [2.05, 4.69) is 95.0 Å². The molecule has 0 bridgehead atoms. The van der Waals surface area contributed by atoms with E-state index in [0.717, 1.165) is 6.92 Å². The number of benzene rings is 2. The maximum absolute atomic E-state index is 15.0.